The van der Waals surface area contributed by atoms with Crippen molar-refractivity contribution in [3.63, 3.8) is 0 Å². The van der Waals surface area contributed by atoms with Crippen LogP contribution < -0.4 is 10.6 Å². The second-order valence-electron chi connectivity index (χ2n) is 5.99. The largest absolute Gasteiger partial charge is 0.371 e. The molecular formula is C16H20F2N2O2. The van der Waals surface area contributed by atoms with Gasteiger partial charge < -0.3 is 15.4 Å². The van der Waals surface area contributed by atoms with E-state index in [1.54, 1.807) is 0 Å². The highest BCUT2D eigenvalue weighted by Crippen LogP contribution is 2.32. The average molecular weight is 310 g/mol. The van der Waals surface area contributed by atoms with Crippen LogP contribution in [0.15, 0.2) is 18.2 Å². The first-order chi connectivity index (χ1) is 10.6. The first kappa shape index (κ1) is 15.2. The molecule has 0 radical (unpaired) electrons. The van der Waals surface area contributed by atoms with Crippen molar-refractivity contribution >= 4 is 6.03 Å². The number of halogens is 2. The number of rotatable bonds is 5. The Labute approximate surface area is 128 Å². The molecule has 2 fully saturated rings. The lowest BCUT2D eigenvalue weighted by atomic mass is 10.0. The van der Waals surface area contributed by atoms with E-state index in [4.69, 9.17) is 4.74 Å². The van der Waals surface area contributed by atoms with Crippen LogP contribution in [0.3, 0.4) is 0 Å². The van der Waals surface area contributed by atoms with E-state index in [-0.39, 0.29) is 12.1 Å². The smallest absolute Gasteiger partial charge is 0.315 e. The number of ether oxygens (including phenoxy) is 1. The molecule has 1 saturated heterocycles. The SMILES string of the molecule is O=C(NCCC1CC1)N[C@H]1CCO[C@@H]1c1ccc(F)c(F)c1. The van der Waals surface area contributed by atoms with Gasteiger partial charge in [0.2, 0.25) is 0 Å². The van der Waals surface area contributed by atoms with Crippen molar-refractivity contribution in [2.45, 2.75) is 37.8 Å². The number of urea groups is 1. The molecule has 0 aromatic heterocycles. The van der Waals surface area contributed by atoms with Gasteiger partial charge in [-0.2, -0.15) is 0 Å². The number of hydrogen-bond donors (Lipinski definition) is 2. The quantitative estimate of drug-likeness (QED) is 0.878. The van der Waals surface area contributed by atoms with Crippen LogP contribution in [-0.4, -0.2) is 25.2 Å². The Bertz CT molecular complexity index is 549. The maximum Gasteiger partial charge on any atom is 0.315 e. The van der Waals surface area contributed by atoms with E-state index in [9.17, 15) is 13.6 Å². The predicted molar refractivity (Wildman–Crippen MR) is 77.3 cm³/mol. The third-order valence-electron chi connectivity index (χ3n) is 4.22. The molecule has 0 unspecified atom stereocenters. The van der Waals surface area contributed by atoms with Crippen molar-refractivity contribution in [2.24, 2.45) is 5.92 Å². The topological polar surface area (TPSA) is 50.4 Å². The van der Waals surface area contributed by atoms with Crippen LogP contribution in [0.1, 0.15) is 37.4 Å². The molecule has 2 N–H and O–H groups in total. The summed E-state index contributed by atoms with van der Waals surface area (Å²) < 4.78 is 31.9. The lowest BCUT2D eigenvalue weighted by Gasteiger charge is -2.20. The van der Waals surface area contributed by atoms with Gasteiger partial charge in [-0.3, -0.25) is 0 Å². The highest BCUT2D eigenvalue weighted by molar-refractivity contribution is 5.74. The zero-order valence-corrected chi connectivity index (χ0v) is 12.3. The number of carbonyl (C=O) groups excluding carboxylic acids is 1. The molecule has 2 aliphatic rings. The first-order valence-corrected chi connectivity index (χ1v) is 7.74. The second-order valence-corrected chi connectivity index (χ2v) is 5.99. The molecule has 2 amide bonds. The van der Waals surface area contributed by atoms with Crippen molar-refractivity contribution in [2.75, 3.05) is 13.2 Å². The maximum absolute atomic E-state index is 13.3. The van der Waals surface area contributed by atoms with Gasteiger partial charge in [-0.15, -0.1) is 0 Å². The summed E-state index contributed by atoms with van der Waals surface area (Å²) >= 11 is 0. The molecule has 1 saturated carbocycles. The summed E-state index contributed by atoms with van der Waals surface area (Å²) in [6.07, 6.45) is 3.75. The molecular weight excluding hydrogens is 290 g/mol. The molecule has 22 heavy (non-hydrogen) atoms. The fraction of sp³-hybridized carbons (Fsp3) is 0.562. The summed E-state index contributed by atoms with van der Waals surface area (Å²) in [6.45, 7) is 1.15. The van der Waals surface area contributed by atoms with Crippen LogP contribution in [0, 0.1) is 17.6 Å². The minimum absolute atomic E-state index is 0.231. The van der Waals surface area contributed by atoms with Crippen molar-refractivity contribution in [3.8, 4) is 0 Å². The lowest BCUT2D eigenvalue weighted by Crippen LogP contribution is -2.43. The predicted octanol–water partition coefficient (Wildman–Crippen LogP) is 2.89. The zero-order valence-electron chi connectivity index (χ0n) is 12.3. The Hall–Kier alpha value is -1.69. The Morgan fingerprint density at radius 2 is 2.05 bits per heavy atom. The van der Waals surface area contributed by atoms with E-state index in [0.29, 0.717) is 25.1 Å². The van der Waals surface area contributed by atoms with Gasteiger partial charge in [-0.05, 0) is 36.5 Å². The summed E-state index contributed by atoms with van der Waals surface area (Å²) in [6, 6.07) is 3.24. The number of carbonyl (C=O) groups is 1. The highest BCUT2D eigenvalue weighted by Gasteiger charge is 2.31. The summed E-state index contributed by atoms with van der Waals surface area (Å²) in [4.78, 5) is 11.9. The molecule has 1 heterocycles. The molecule has 0 bridgehead atoms. The fourth-order valence-corrected chi connectivity index (χ4v) is 2.77. The van der Waals surface area contributed by atoms with E-state index in [1.807, 2.05) is 0 Å². The van der Waals surface area contributed by atoms with Gasteiger partial charge in [0.05, 0.1) is 6.04 Å². The number of nitrogens with one attached hydrogen (secondary N) is 2. The normalized spacial score (nSPS) is 24.3. The van der Waals surface area contributed by atoms with Crippen LogP contribution in [-0.2, 0) is 4.74 Å². The molecule has 1 aliphatic carbocycles. The number of hydrogen-bond acceptors (Lipinski definition) is 2. The number of amides is 2. The lowest BCUT2D eigenvalue weighted by molar-refractivity contribution is 0.0995. The summed E-state index contributed by atoms with van der Waals surface area (Å²) in [5.74, 6) is -1.02. The molecule has 3 rings (SSSR count). The second kappa shape index (κ2) is 6.60. The maximum atomic E-state index is 13.3. The Kier molecular flexibility index (Phi) is 4.57. The third-order valence-corrected chi connectivity index (χ3v) is 4.22. The monoisotopic (exact) mass is 310 g/mol. The number of benzene rings is 1. The summed E-state index contributed by atoms with van der Waals surface area (Å²) in [5.41, 5.74) is 0.541. The van der Waals surface area contributed by atoms with Crippen molar-refractivity contribution < 1.29 is 18.3 Å². The van der Waals surface area contributed by atoms with Gasteiger partial charge in [-0.1, -0.05) is 18.9 Å². The van der Waals surface area contributed by atoms with E-state index in [2.05, 4.69) is 10.6 Å². The molecule has 6 heteroatoms. The zero-order chi connectivity index (χ0) is 15.5. The van der Waals surface area contributed by atoms with Gasteiger partial charge in [0, 0.05) is 13.2 Å². The van der Waals surface area contributed by atoms with Crippen molar-refractivity contribution in [3.05, 3.63) is 35.4 Å². The Balaban J connectivity index is 1.55. The van der Waals surface area contributed by atoms with Gasteiger partial charge in [0.1, 0.15) is 6.10 Å². The third kappa shape index (κ3) is 3.74. The minimum Gasteiger partial charge on any atom is -0.371 e. The van der Waals surface area contributed by atoms with Crippen LogP contribution >= 0.6 is 0 Å². The minimum atomic E-state index is -0.902. The van der Waals surface area contributed by atoms with Crippen LogP contribution in [0.4, 0.5) is 13.6 Å². The first-order valence-electron chi connectivity index (χ1n) is 7.74. The van der Waals surface area contributed by atoms with Gasteiger partial charge in [-0.25, -0.2) is 13.6 Å². The molecule has 2 atom stereocenters. The van der Waals surface area contributed by atoms with Crippen LogP contribution in [0.5, 0.6) is 0 Å². The van der Waals surface area contributed by atoms with Crippen LogP contribution in [0.25, 0.3) is 0 Å². The molecule has 1 aliphatic heterocycles. The van der Waals surface area contributed by atoms with Crippen LogP contribution in [0.2, 0.25) is 0 Å². The standard InChI is InChI=1S/C16H20F2N2O2/c17-12-4-3-11(9-13(12)18)15-14(6-8-22-15)20-16(21)19-7-5-10-1-2-10/h3-4,9-10,14-15H,1-2,5-8H2,(H2,19,20,21)/t14-,15+/m0/s1. The summed E-state index contributed by atoms with van der Waals surface area (Å²) in [7, 11) is 0. The van der Waals surface area contributed by atoms with E-state index in [0.717, 1.165) is 24.5 Å². The van der Waals surface area contributed by atoms with Gasteiger partial charge >= 0.3 is 6.03 Å². The molecule has 1 aromatic rings. The molecule has 120 valence electrons. The van der Waals surface area contributed by atoms with Gasteiger partial charge in [0.25, 0.3) is 0 Å². The van der Waals surface area contributed by atoms with Crippen molar-refractivity contribution in [1.82, 2.24) is 10.6 Å². The van der Waals surface area contributed by atoms with E-state index >= 15 is 0 Å². The highest BCUT2D eigenvalue weighted by atomic mass is 19.2. The van der Waals surface area contributed by atoms with E-state index in [1.165, 1.54) is 18.9 Å². The Morgan fingerprint density at radius 1 is 1.23 bits per heavy atom. The van der Waals surface area contributed by atoms with Crippen molar-refractivity contribution in [1.29, 1.82) is 0 Å². The molecule has 1 aromatic carbocycles. The molecule has 0 spiro atoms. The van der Waals surface area contributed by atoms with E-state index < -0.39 is 17.7 Å². The molecule has 4 nitrogen and oxygen atoms in total. The fourth-order valence-electron chi connectivity index (χ4n) is 2.77. The average Bonchev–Trinajstić information content (AvgIpc) is 3.20. The summed E-state index contributed by atoms with van der Waals surface area (Å²) in [5, 5.41) is 5.70. The Morgan fingerprint density at radius 3 is 2.77 bits per heavy atom. The van der Waals surface area contributed by atoms with Gasteiger partial charge in [0.15, 0.2) is 11.6 Å².